The monoisotopic (exact) mass is 241 g/mol. The summed E-state index contributed by atoms with van der Waals surface area (Å²) in [6.45, 7) is 14.3. The van der Waals surface area contributed by atoms with E-state index < -0.39 is 7.59 Å². The topological polar surface area (TPSA) is 0 Å². The molecule has 0 atom stereocenters. The molecule has 1 aromatic rings. The second-order valence-electron chi connectivity index (χ2n) is 5.87. The van der Waals surface area contributed by atoms with Crippen molar-refractivity contribution in [2.24, 2.45) is 0 Å². The fraction of sp³-hybridized carbons (Fsp3) is 0.538. The molecule has 1 radical (unpaired) electrons. The summed E-state index contributed by atoms with van der Waals surface area (Å²) in [5.41, 5.74) is 1.36. The van der Waals surface area contributed by atoms with Crippen molar-refractivity contribution in [2.45, 2.75) is 45.8 Å². The predicted molar refractivity (Wildman–Crippen MR) is 73.8 cm³/mol. The summed E-state index contributed by atoms with van der Waals surface area (Å²) in [5, 5.41) is 2.03. The van der Waals surface area contributed by atoms with Gasteiger partial charge in [0.2, 0.25) is 0 Å². The fourth-order valence-corrected chi connectivity index (χ4v) is 6.41. The molecule has 0 amide bonds. The Labute approximate surface area is 116 Å². The standard InChI is InChI=1S/C13H22Si2.Li/c1-11-7-9-12(10-8-11)14-15(5,6)13(2,3)4;/h7-10H,1-6H3;/q-1;+1. The first-order valence-electron chi connectivity index (χ1n) is 5.57. The summed E-state index contributed by atoms with van der Waals surface area (Å²) in [6, 6.07) is 9.06. The normalized spacial score (nSPS) is 11.9. The first kappa shape index (κ1) is 16.3. The molecule has 0 nitrogen and oxygen atoms in total. The summed E-state index contributed by atoms with van der Waals surface area (Å²) < 4.78 is 0. The van der Waals surface area contributed by atoms with Crippen LogP contribution in [0.15, 0.2) is 24.3 Å². The van der Waals surface area contributed by atoms with Crippen molar-refractivity contribution in [1.82, 2.24) is 0 Å². The van der Waals surface area contributed by atoms with E-state index in [0.29, 0.717) is 5.04 Å². The SMILES string of the molecule is Cc1ccc([Si-][Si](C)(C)C(C)(C)C)cc1.[Li+]. The summed E-state index contributed by atoms with van der Waals surface area (Å²) in [5.74, 6) is 0. The molecule has 0 aliphatic heterocycles. The van der Waals surface area contributed by atoms with Crippen LogP contribution < -0.4 is 24.0 Å². The van der Waals surface area contributed by atoms with Crippen molar-refractivity contribution in [1.29, 1.82) is 0 Å². The summed E-state index contributed by atoms with van der Waals surface area (Å²) >= 11 is 0. The van der Waals surface area contributed by atoms with Gasteiger partial charge in [-0.1, -0.05) is 68.7 Å². The average Bonchev–Trinajstić information content (AvgIpc) is 2.06. The first-order valence-corrected chi connectivity index (χ1v) is 10.6. The average molecular weight is 241 g/mol. The number of aryl methyl sites for hydroxylation is 1. The van der Waals surface area contributed by atoms with Gasteiger partial charge in [-0.05, 0) is 6.92 Å². The van der Waals surface area contributed by atoms with Crippen molar-refractivity contribution in [3.05, 3.63) is 29.8 Å². The Hall–Kier alpha value is 0.251. The van der Waals surface area contributed by atoms with Crippen LogP contribution in [0, 0.1) is 6.92 Å². The van der Waals surface area contributed by atoms with E-state index in [4.69, 9.17) is 0 Å². The molecule has 0 saturated carbocycles. The van der Waals surface area contributed by atoms with E-state index in [1.165, 1.54) is 10.8 Å². The molecule has 0 fully saturated rings. The van der Waals surface area contributed by atoms with Crippen LogP contribution in [0.2, 0.25) is 18.1 Å². The van der Waals surface area contributed by atoms with Crippen LogP contribution in [0.1, 0.15) is 26.3 Å². The zero-order valence-corrected chi connectivity index (χ0v) is 13.8. The van der Waals surface area contributed by atoms with Crippen LogP contribution >= 0.6 is 0 Å². The molecule has 83 valence electrons. The summed E-state index contributed by atoms with van der Waals surface area (Å²) in [7, 11) is -0.118. The Bertz CT molecular complexity index is 323. The summed E-state index contributed by atoms with van der Waals surface area (Å²) in [4.78, 5) is 0. The van der Waals surface area contributed by atoms with Crippen LogP contribution in [0.5, 0.6) is 0 Å². The van der Waals surface area contributed by atoms with Gasteiger partial charge in [0.25, 0.3) is 0 Å². The van der Waals surface area contributed by atoms with Crippen LogP contribution in [0.25, 0.3) is 0 Å². The number of benzene rings is 1. The van der Waals surface area contributed by atoms with Crippen molar-refractivity contribution < 1.29 is 18.9 Å². The van der Waals surface area contributed by atoms with E-state index in [1.807, 2.05) is 0 Å². The van der Waals surface area contributed by atoms with E-state index in [0.717, 1.165) is 9.04 Å². The molecule has 3 heteroatoms. The Morgan fingerprint density at radius 1 is 1.00 bits per heavy atom. The molecule has 0 saturated heterocycles. The van der Waals surface area contributed by atoms with Gasteiger partial charge in [-0.25, -0.2) is 5.19 Å². The van der Waals surface area contributed by atoms with Crippen molar-refractivity contribution >= 4 is 21.8 Å². The van der Waals surface area contributed by atoms with Crippen LogP contribution in [-0.2, 0) is 0 Å². The number of hydrogen-bond acceptors (Lipinski definition) is 0. The second-order valence-corrected chi connectivity index (χ2v) is 15.9. The van der Waals surface area contributed by atoms with Crippen LogP contribution in [0.4, 0.5) is 0 Å². The van der Waals surface area contributed by atoms with E-state index in [2.05, 4.69) is 65.1 Å². The maximum Gasteiger partial charge on any atom is 1.00 e. The van der Waals surface area contributed by atoms with Crippen LogP contribution in [-0.4, -0.2) is 16.6 Å². The second kappa shape index (κ2) is 5.73. The zero-order chi connectivity index (χ0) is 11.7. The molecular formula is C13H22LiSi2. The van der Waals surface area contributed by atoms with Crippen molar-refractivity contribution in [2.75, 3.05) is 0 Å². The molecular weight excluding hydrogens is 219 g/mol. The molecule has 1 rings (SSSR count). The largest absolute Gasteiger partial charge is 1.00 e. The molecule has 0 heterocycles. The molecule has 0 N–H and O–H groups in total. The molecule has 16 heavy (non-hydrogen) atoms. The van der Waals surface area contributed by atoms with Gasteiger partial charge >= 0.3 is 18.9 Å². The molecule has 1 aromatic carbocycles. The van der Waals surface area contributed by atoms with Crippen molar-refractivity contribution in [3.63, 3.8) is 0 Å². The number of hydrogen-bond donors (Lipinski definition) is 0. The fourth-order valence-electron chi connectivity index (χ4n) is 1.19. The van der Waals surface area contributed by atoms with Gasteiger partial charge < -0.3 is 9.04 Å². The van der Waals surface area contributed by atoms with Gasteiger partial charge in [0.15, 0.2) is 0 Å². The third-order valence-electron chi connectivity index (χ3n) is 3.38. The van der Waals surface area contributed by atoms with Gasteiger partial charge in [-0.2, -0.15) is 0 Å². The maximum atomic E-state index is 2.51. The van der Waals surface area contributed by atoms with Gasteiger partial charge in [0.05, 0.1) is 0 Å². The third-order valence-corrected chi connectivity index (χ3v) is 13.4. The Balaban J connectivity index is 0.00000225. The molecule has 0 aliphatic carbocycles. The van der Waals surface area contributed by atoms with Gasteiger partial charge in [-0.15, -0.1) is 7.59 Å². The molecule has 0 bridgehead atoms. The quantitative estimate of drug-likeness (QED) is 0.655. The smallest absolute Gasteiger partial charge is 0.433 e. The minimum Gasteiger partial charge on any atom is -0.433 e. The van der Waals surface area contributed by atoms with E-state index in [9.17, 15) is 0 Å². The molecule has 0 aromatic heterocycles. The van der Waals surface area contributed by atoms with Crippen LogP contribution in [0.3, 0.4) is 0 Å². The zero-order valence-electron chi connectivity index (χ0n) is 11.8. The molecule has 0 spiro atoms. The maximum absolute atomic E-state index is 2.51. The van der Waals surface area contributed by atoms with Gasteiger partial charge in [0.1, 0.15) is 0 Å². The molecule has 0 aliphatic rings. The minimum absolute atomic E-state index is 0. The predicted octanol–water partition coefficient (Wildman–Crippen LogP) is 0.334. The van der Waals surface area contributed by atoms with Gasteiger partial charge in [0, 0.05) is 0 Å². The number of rotatable bonds is 2. The summed E-state index contributed by atoms with van der Waals surface area (Å²) in [6.07, 6.45) is 0. The Morgan fingerprint density at radius 3 is 1.81 bits per heavy atom. The first-order chi connectivity index (χ1) is 6.72. The van der Waals surface area contributed by atoms with Gasteiger partial charge in [-0.3, -0.25) is 0 Å². The van der Waals surface area contributed by atoms with E-state index in [1.54, 1.807) is 0 Å². The molecule has 0 unspecified atom stereocenters. The minimum atomic E-state index is -1.14. The van der Waals surface area contributed by atoms with Crippen molar-refractivity contribution in [3.8, 4) is 0 Å². The van der Waals surface area contributed by atoms with E-state index in [-0.39, 0.29) is 18.9 Å². The Kier molecular flexibility index (Phi) is 5.82. The van der Waals surface area contributed by atoms with E-state index >= 15 is 0 Å². The third kappa shape index (κ3) is 4.25. The Morgan fingerprint density at radius 2 is 1.44 bits per heavy atom.